The first-order valence-electron chi connectivity index (χ1n) is 5.09. The maximum absolute atomic E-state index is 5.30. The highest BCUT2D eigenvalue weighted by Gasteiger charge is 2.03. The molecule has 2 rings (SSSR count). The van der Waals surface area contributed by atoms with Crippen LogP contribution in [-0.2, 0) is 0 Å². The van der Waals surface area contributed by atoms with E-state index in [1.807, 2.05) is 26.0 Å². The molecule has 0 saturated carbocycles. The minimum absolute atomic E-state index is 0.590. The Labute approximate surface area is 104 Å². The second-order valence-electron chi connectivity index (χ2n) is 3.61. The topological polar surface area (TPSA) is 76.7 Å². The van der Waals surface area contributed by atoms with Gasteiger partial charge in [0.1, 0.15) is 22.2 Å². The lowest BCUT2D eigenvalue weighted by molar-refractivity contribution is 1.01. The Hall–Kier alpha value is -1.66. The van der Waals surface area contributed by atoms with Gasteiger partial charge in [-0.15, -0.1) is 0 Å². The van der Waals surface area contributed by atoms with Crippen molar-refractivity contribution in [1.82, 2.24) is 15.0 Å². The molecular formula is C11H13N5S. The number of nitrogen functional groups attached to an aromatic ring is 1. The lowest BCUT2D eigenvalue weighted by atomic mass is 10.3. The fraction of sp³-hybridized carbons (Fsp3) is 0.182. The summed E-state index contributed by atoms with van der Waals surface area (Å²) in [5.74, 6) is 5.88. The summed E-state index contributed by atoms with van der Waals surface area (Å²) < 4.78 is 0. The average Bonchev–Trinajstić information content (AvgIpc) is 2.28. The van der Waals surface area contributed by atoms with Crippen molar-refractivity contribution >= 4 is 17.6 Å². The molecule has 88 valence electrons. The van der Waals surface area contributed by atoms with Crippen molar-refractivity contribution in [1.29, 1.82) is 0 Å². The molecule has 0 bridgehead atoms. The van der Waals surface area contributed by atoms with Crippen LogP contribution in [-0.4, -0.2) is 15.0 Å². The van der Waals surface area contributed by atoms with Crippen LogP contribution in [0.15, 0.2) is 34.6 Å². The summed E-state index contributed by atoms with van der Waals surface area (Å²) in [4.78, 5) is 12.5. The van der Waals surface area contributed by atoms with E-state index in [2.05, 4.69) is 20.4 Å². The van der Waals surface area contributed by atoms with E-state index in [9.17, 15) is 0 Å². The number of anilines is 1. The Morgan fingerprint density at radius 1 is 1.12 bits per heavy atom. The molecule has 0 unspecified atom stereocenters. The molecule has 0 fully saturated rings. The van der Waals surface area contributed by atoms with Crippen molar-refractivity contribution in [2.45, 2.75) is 23.9 Å². The summed E-state index contributed by atoms with van der Waals surface area (Å²) in [6, 6.07) is 5.84. The van der Waals surface area contributed by atoms with Crippen LogP contribution in [0.5, 0.6) is 0 Å². The van der Waals surface area contributed by atoms with E-state index in [0.29, 0.717) is 5.82 Å². The molecule has 0 radical (unpaired) electrons. The SMILES string of the molecule is Cc1cc(C)nc(Sc2cc(NN)ncn2)c1. The Morgan fingerprint density at radius 3 is 2.65 bits per heavy atom. The number of rotatable bonds is 3. The number of aromatic nitrogens is 3. The maximum atomic E-state index is 5.30. The Kier molecular flexibility index (Phi) is 3.55. The third-order valence-electron chi connectivity index (χ3n) is 2.07. The molecule has 6 heteroatoms. The molecule has 2 aromatic heterocycles. The van der Waals surface area contributed by atoms with E-state index < -0.39 is 0 Å². The van der Waals surface area contributed by atoms with Crippen LogP contribution in [0.4, 0.5) is 5.82 Å². The van der Waals surface area contributed by atoms with E-state index in [-0.39, 0.29) is 0 Å². The van der Waals surface area contributed by atoms with Gasteiger partial charge in [-0.1, -0.05) is 0 Å². The monoisotopic (exact) mass is 247 g/mol. The summed E-state index contributed by atoms with van der Waals surface area (Å²) >= 11 is 1.49. The van der Waals surface area contributed by atoms with Gasteiger partial charge in [-0.25, -0.2) is 20.8 Å². The molecule has 0 saturated heterocycles. The predicted molar refractivity (Wildman–Crippen MR) is 67.7 cm³/mol. The molecule has 0 spiro atoms. The summed E-state index contributed by atoms with van der Waals surface area (Å²) in [6.45, 7) is 4.02. The summed E-state index contributed by atoms with van der Waals surface area (Å²) in [7, 11) is 0. The maximum Gasteiger partial charge on any atom is 0.144 e. The van der Waals surface area contributed by atoms with Gasteiger partial charge in [-0.3, -0.25) is 0 Å². The molecule has 3 N–H and O–H groups in total. The summed E-state index contributed by atoms with van der Waals surface area (Å²) in [5.41, 5.74) is 4.68. The van der Waals surface area contributed by atoms with E-state index in [1.165, 1.54) is 23.7 Å². The Balaban J connectivity index is 2.24. The number of hydrogen-bond donors (Lipinski definition) is 2. The molecule has 0 aliphatic heterocycles. The first kappa shape index (κ1) is 11.8. The second kappa shape index (κ2) is 5.11. The molecule has 0 aliphatic carbocycles. The minimum Gasteiger partial charge on any atom is -0.308 e. The van der Waals surface area contributed by atoms with E-state index in [4.69, 9.17) is 5.84 Å². The first-order chi connectivity index (χ1) is 8.17. The number of hydrazine groups is 1. The quantitative estimate of drug-likeness (QED) is 0.490. The predicted octanol–water partition coefficient (Wildman–Crippen LogP) is 1.93. The molecule has 0 aliphatic rings. The highest BCUT2D eigenvalue weighted by Crippen LogP contribution is 2.25. The number of pyridine rings is 1. The van der Waals surface area contributed by atoms with Gasteiger partial charge in [0.15, 0.2) is 0 Å². The lowest BCUT2D eigenvalue weighted by Gasteiger charge is -2.04. The normalized spacial score (nSPS) is 10.3. The van der Waals surface area contributed by atoms with Gasteiger partial charge in [-0.2, -0.15) is 0 Å². The van der Waals surface area contributed by atoms with Gasteiger partial charge in [0.25, 0.3) is 0 Å². The molecular weight excluding hydrogens is 234 g/mol. The van der Waals surface area contributed by atoms with Crippen LogP contribution < -0.4 is 11.3 Å². The van der Waals surface area contributed by atoms with E-state index in [1.54, 1.807) is 6.07 Å². The van der Waals surface area contributed by atoms with E-state index in [0.717, 1.165) is 15.7 Å². The van der Waals surface area contributed by atoms with Crippen molar-refractivity contribution in [2.75, 3.05) is 5.43 Å². The van der Waals surface area contributed by atoms with Gasteiger partial charge in [0.05, 0.1) is 0 Å². The first-order valence-corrected chi connectivity index (χ1v) is 5.91. The smallest absolute Gasteiger partial charge is 0.144 e. The molecule has 0 atom stereocenters. The van der Waals surface area contributed by atoms with Gasteiger partial charge >= 0.3 is 0 Å². The van der Waals surface area contributed by atoms with Crippen LogP contribution in [0.1, 0.15) is 11.3 Å². The standard InChI is InChI=1S/C11H13N5S/c1-7-3-8(2)15-11(4-7)17-10-5-9(16-12)13-6-14-10/h3-6H,12H2,1-2H3,(H,13,14,16). The van der Waals surface area contributed by atoms with Crippen LogP contribution in [0, 0.1) is 13.8 Å². The number of nitrogens with two attached hydrogens (primary N) is 1. The van der Waals surface area contributed by atoms with Crippen molar-refractivity contribution < 1.29 is 0 Å². The third-order valence-corrected chi connectivity index (χ3v) is 2.92. The minimum atomic E-state index is 0.590. The van der Waals surface area contributed by atoms with Gasteiger partial charge in [0.2, 0.25) is 0 Å². The van der Waals surface area contributed by atoms with Gasteiger partial charge in [-0.05, 0) is 43.3 Å². The molecule has 5 nitrogen and oxygen atoms in total. The molecule has 2 heterocycles. The van der Waals surface area contributed by atoms with Crippen LogP contribution in [0.2, 0.25) is 0 Å². The Bertz CT molecular complexity index is 509. The van der Waals surface area contributed by atoms with Crippen LogP contribution >= 0.6 is 11.8 Å². The highest BCUT2D eigenvalue weighted by atomic mass is 32.2. The highest BCUT2D eigenvalue weighted by molar-refractivity contribution is 7.99. The molecule has 0 aromatic carbocycles. The fourth-order valence-electron chi connectivity index (χ4n) is 1.44. The number of hydrogen-bond acceptors (Lipinski definition) is 6. The zero-order chi connectivity index (χ0) is 12.3. The molecule has 2 aromatic rings. The average molecular weight is 247 g/mol. The third kappa shape index (κ3) is 3.15. The van der Waals surface area contributed by atoms with Gasteiger partial charge < -0.3 is 5.43 Å². The zero-order valence-electron chi connectivity index (χ0n) is 9.64. The zero-order valence-corrected chi connectivity index (χ0v) is 10.5. The van der Waals surface area contributed by atoms with E-state index >= 15 is 0 Å². The fourth-order valence-corrected chi connectivity index (χ4v) is 2.36. The van der Waals surface area contributed by atoms with Gasteiger partial charge in [0, 0.05) is 11.8 Å². The molecule has 0 amide bonds. The lowest BCUT2D eigenvalue weighted by Crippen LogP contribution is -2.08. The van der Waals surface area contributed by atoms with Crippen molar-refractivity contribution in [2.24, 2.45) is 5.84 Å². The van der Waals surface area contributed by atoms with Crippen LogP contribution in [0.25, 0.3) is 0 Å². The van der Waals surface area contributed by atoms with Crippen molar-refractivity contribution in [3.05, 3.63) is 35.8 Å². The van der Waals surface area contributed by atoms with Crippen LogP contribution in [0.3, 0.4) is 0 Å². The Morgan fingerprint density at radius 2 is 1.94 bits per heavy atom. The number of nitrogens with zero attached hydrogens (tertiary/aromatic N) is 3. The van der Waals surface area contributed by atoms with Crippen molar-refractivity contribution in [3.8, 4) is 0 Å². The summed E-state index contributed by atoms with van der Waals surface area (Å²) in [6.07, 6.45) is 1.47. The summed E-state index contributed by atoms with van der Waals surface area (Å²) in [5, 5.41) is 1.73. The number of nitrogens with one attached hydrogen (secondary N) is 1. The molecule has 17 heavy (non-hydrogen) atoms. The van der Waals surface area contributed by atoms with Crippen molar-refractivity contribution in [3.63, 3.8) is 0 Å². The number of aryl methyl sites for hydroxylation is 2. The second-order valence-corrected chi connectivity index (χ2v) is 4.65. The largest absolute Gasteiger partial charge is 0.308 e.